The third-order valence-electron chi connectivity index (χ3n) is 2.50. The van der Waals surface area contributed by atoms with Crippen molar-refractivity contribution in [2.75, 3.05) is 11.9 Å². The van der Waals surface area contributed by atoms with Crippen LogP contribution in [0.5, 0.6) is 0 Å². The fraction of sp³-hybridized carbons (Fsp3) is 0.846. The lowest BCUT2D eigenvalue weighted by Gasteiger charge is -2.25. The van der Waals surface area contributed by atoms with Crippen molar-refractivity contribution in [2.24, 2.45) is 5.41 Å². The van der Waals surface area contributed by atoms with Crippen LogP contribution >= 0.6 is 11.5 Å². The molecule has 0 amide bonds. The lowest BCUT2D eigenvalue weighted by Crippen LogP contribution is -2.29. The van der Waals surface area contributed by atoms with Gasteiger partial charge in [0.1, 0.15) is 5.82 Å². The fourth-order valence-corrected chi connectivity index (χ4v) is 2.50. The van der Waals surface area contributed by atoms with Crippen LogP contribution in [0.3, 0.4) is 0 Å². The van der Waals surface area contributed by atoms with Crippen LogP contribution in [0.25, 0.3) is 0 Å². The molecule has 1 atom stereocenters. The summed E-state index contributed by atoms with van der Waals surface area (Å²) in [5.74, 6) is 0.849. The van der Waals surface area contributed by atoms with E-state index in [4.69, 9.17) is 0 Å². The van der Waals surface area contributed by atoms with Gasteiger partial charge >= 0.3 is 0 Å². The van der Waals surface area contributed by atoms with Crippen LogP contribution in [0.1, 0.15) is 53.8 Å². The first-order valence-corrected chi connectivity index (χ1v) is 7.11. The summed E-state index contributed by atoms with van der Waals surface area (Å²) < 4.78 is 4.36. The van der Waals surface area contributed by atoms with E-state index in [1.165, 1.54) is 11.5 Å². The number of aromatic nitrogens is 2. The van der Waals surface area contributed by atoms with E-state index in [0.29, 0.717) is 0 Å². The Labute approximate surface area is 114 Å². The van der Waals surface area contributed by atoms with Gasteiger partial charge in [-0.3, -0.25) is 0 Å². The molecule has 0 fully saturated rings. The maximum atomic E-state index is 9.41. The molecule has 104 valence electrons. The smallest absolute Gasteiger partial charge is 0.202 e. The molecule has 0 bridgehead atoms. The summed E-state index contributed by atoms with van der Waals surface area (Å²) >= 11 is 1.36. The third kappa shape index (κ3) is 4.90. The Hall–Kier alpha value is -0.680. The highest BCUT2D eigenvalue weighted by atomic mass is 32.1. The van der Waals surface area contributed by atoms with Crippen molar-refractivity contribution < 1.29 is 5.11 Å². The van der Waals surface area contributed by atoms with E-state index in [1.54, 1.807) is 0 Å². The normalized spacial score (nSPS) is 14.6. The summed E-state index contributed by atoms with van der Waals surface area (Å²) in [6.07, 6.45) is 0.897. The summed E-state index contributed by atoms with van der Waals surface area (Å²) in [5, 5.41) is 13.5. The van der Waals surface area contributed by atoms with Crippen molar-refractivity contribution in [3.8, 4) is 0 Å². The Morgan fingerprint density at radius 2 is 1.83 bits per heavy atom. The molecule has 0 aliphatic heterocycles. The van der Waals surface area contributed by atoms with Crippen LogP contribution in [-0.2, 0) is 5.41 Å². The molecule has 2 N–H and O–H groups in total. The molecule has 0 spiro atoms. The van der Waals surface area contributed by atoms with Crippen LogP contribution in [0.15, 0.2) is 0 Å². The van der Waals surface area contributed by atoms with Gasteiger partial charge in [-0.25, -0.2) is 4.98 Å². The Kier molecular flexibility index (Phi) is 4.72. The summed E-state index contributed by atoms with van der Waals surface area (Å²) in [6, 6.07) is 0.0331. The Morgan fingerprint density at radius 1 is 1.22 bits per heavy atom. The van der Waals surface area contributed by atoms with Crippen molar-refractivity contribution in [1.82, 2.24) is 9.36 Å². The summed E-state index contributed by atoms with van der Waals surface area (Å²) in [7, 11) is 0. The summed E-state index contributed by atoms with van der Waals surface area (Å²) in [4.78, 5) is 4.48. The monoisotopic (exact) mass is 271 g/mol. The van der Waals surface area contributed by atoms with E-state index >= 15 is 0 Å². The minimum atomic E-state index is -0.0326. The number of aliphatic hydroxyl groups is 1. The molecule has 1 rings (SSSR count). The van der Waals surface area contributed by atoms with Crippen molar-refractivity contribution in [1.29, 1.82) is 0 Å². The van der Waals surface area contributed by atoms with E-state index in [0.717, 1.165) is 17.4 Å². The van der Waals surface area contributed by atoms with Gasteiger partial charge in [-0.05, 0) is 11.8 Å². The lowest BCUT2D eigenvalue weighted by atomic mass is 9.88. The topological polar surface area (TPSA) is 58.0 Å². The minimum Gasteiger partial charge on any atom is -0.394 e. The molecule has 1 aromatic heterocycles. The molecule has 5 heteroatoms. The molecule has 0 saturated carbocycles. The quantitative estimate of drug-likeness (QED) is 0.883. The molecular weight excluding hydrogens is 246 g/mol. The van der Waals surface area contributed by atoms with E-state index < -0.39 is 0 Å². The zero-order valence-corrected chi connectivity index (χ0v) is 13.1. The van der Waals surface area contributed by atoms with Crippen LogP contribution in [0.2, 0.25) is 0 Å². The average molecular weight is 271 g/mol. The number of anilines is 1. The standard InChI is InChI=1S/C13H25N3OS/c1-12(2,3)7-9(8-17)14-11-15-10(16-18-11)13(4,5)6/h9,17H,7-8H2,1-6H3,(H,14,15,16). The number of aliphatic hydroxyl groups excluding tert-OH is 1. The van der Waals surface area contributed by atoms with E-state index in [9.17, 15) is 5.11 Å². The van der Waals surface area contributed by atoms with Gasteiger partial charge in [0.25, 0.3) is 0 Å². The second kappa shape index (κ2) is 5.53. The average Bonchev–Trinajstić information content (AvgIpc) is 2.62. The summed E-state index contributed by atoms with van der Waals surface area (Å²) in [5.41, 5.74) is 0.146. The molecule has 1 aromatic rings. The molecule has 0 saturated heterocycles. The number of hydrogen-bond donors (Lipinski definition) is 2. The predicted molar refractivity (Wildman–Crippen MR) is 77.2 cm³/mol. The number of rotatable bonds is 4. The van der Waals surface area contributed by atoms with Crippen molar-refractivity contribution >= 4 is 16.7 Å². The van der Waals surface area contributed by atoms with Gasteiger partial charge in [-0.2, -0.15) is 4.37 Å². The molecule has 18 heavy (non-hydrogen) atoms. The molecule has 0 radical (unpaired) electrons. The SMILES string of the molecule is CC(C)(C)CC(CO)Nc1nc(C(C)(C)C)ns1. The highest BCUT2D eigenvalue weighted by Crippen LogP contribution is 2.26. The number of hydrogen-bond acceptors (Lipinski definition) is 5. The van der Waals surface area contributed by atoms with Crippen molar-refractivity contribution in [3.63, 3.8) is 0 Å². The van der Waals surface area contributed by atoms with Crippen molar-refractivity contribution in [2.45, 2.75) is 59.4 Å². The predicted octanol–water partition coefficient (Wildman–Crippen LogP) is 3.04. The first kappa shape index (κ1) is 15.4. The minimum absolute atomic E-state index is 0.0326. The highest BCUT2D eigenvalue weighted by molar-refractivity contribution is 7.09. The Balaban J connectivity index is 2.68. The van der Waals surface area contributed by atoms with Crippen LogP contribution in [-0.4, -0.2) is 27.1 Å². The van der Waals surface area contributed by atoms with E-state index in [-0.39, 0.29) is 23.5 Å². The van der Waals surface area contributed by atoms with Gasteiger partial charge in [0, 0.05) is 16.9 Å². The van der Waals surface area contributed by atoms with Crippen LogP contribution in [0, 0.1) is 5.41 Å². The largest absolute Gasteiger partial charge is 0.394 e. The van der Waals surface area contributed by atoms with E-state index in [2.05, 4.69) is 56.2 Å². The Morgan fingerprint density at radius 3 is 2.22 bits per heavy atom. The van der Waals surface area contributed by atoms with Gasteiger partial charge in [-0.1, -0.05) is 41.5 Å². The van der Waals surface area contributed by atoms with E-state index in [1.807, 2.05) is 0 Å². The maximum absolute atomic E-state index is 9.41. The second-order valence-corrected chi connectivity index (χ2v) is 7.71. The first-order chi connectivity index (χ1) is 8.12. The highest BCUT2D eigenvalue weighted by Gasteiger charge is 2.22. The molecule has 1 unspecified atom stereocenters. The molecule has 1 heterocycles. The second-order valence-electron chi connectivity index (χ2n) is 6.96. The maximum Gasteiger partial charge on any atom is 0.202 e. The fourth-order valence-electron chi connectivity index (χ4n) is 1.66. The zero-order valence-electron chi connectivity index (χ0n) is 12.2. The van der Waals surface area contributed by atoms with Gasteiger partial charge in [0.15, 0.2) is 0 Å². The first-order valence-electron chi connectivity index (χ1n) is 6.33. The van der Waals surface area contributed by atoms with Gasteiger partial charge in [0.05, 0.1) is 12.6 Å². The molecule has 4 nitrogen and oxygen atoms in total. The van der Waals surface area contributed by atoms with Crippen LogP contribution in [0.4, 0.5) is 5.13 Å². The van der Waals surface area contributed by atoms with Gasteiger partial charge in [0.2, 0.25) is 5.13 Å². The third-order valence-corrected chi connectivity index (χ3v) is 3.15. The molecule has 0 aliphatic carbocycles. The van der Waals surface area contributed by atoms with Gasteiger partial charge in [-0.15, -0.1) is 0 Å². The number of nitrogens with one attached hydrogen (secondary N) is 1. The molecule has 0 aliphatic rings. The number of nitrogens with zero attached hydrogens (tertiary/aromatic N) is 2. The van der Waals surface area contributed by atoms with Crippen LogP contribution < -0.4 is 5.32 Å². The Bertz CT molecular complexity index is 376. The van der Waals surface area contributed by atoms with Crippen molar-refractivity contribution in [3.05, 3.63) is 5.82 Å². The lowest BCUT2D eigenvalue weighted by molar-refractivity contribution is 0.234. The molecule has 0 aromatic carbocycles. The zero-order chi connectivity index (χ0) is 14.0. The van der Waals surface area contributed by atoms with Gasteiger partial charge < -0.3 is 10.4 Å². The molecular formula is C13H25N3OS. The summed E-state index contributed by atoms with van der Waals surface area (Å²) in [6.45, 7) is 12.9.